The van der Waals surface area contributed by atoms with Gasteiger partial charge in [-0.3, -0.25) is 9.69 Å². The van der Waals surface area contributed by atoms with Gasteiger partial charge in [0, 0.05) is 21.8 Å². The van der Waals surface area contributed by atoms with Crippen molar-refractivity contribution in [3.63, 3.8) is 0 Å². The summed E-state index contributed by atoms with van der Waals surface area (Å²) in [5.74, 6) is -1.56. The molecule has 1 aliphatic rings. The normalized spacial score (nSPS) is 14.5. The lowest BCUT2D eigenvalue weighted by atomic mass is 9.84. The van der Waals surface area contributed by atoms with E-state index in [1.807, 2.05) is 24.3 Å². The van der Waals surface area contributed by atoms with Crippen molar-refractivity contribution in [2.45, 2.75) is 61.1 Å². The fourth-order valence-corrected chi connectivity index (χ4v) is 5.53. The second kappa shape index (κ2) is 14.4. The van der Waals surface area contributed by atoms with E-state index < -0.39 is 36.1 Å². The monoisotopic (exact) mass is 615 g/mol. The van der Waals surface area contributed by atoms with Gasteiger partial charge >= 0.3 is 17.5 Å². The first-order valence-electron chi connectivity index (χ1n) is 13.8. The number of nitrogens with one attached hydrogen (secondary N) is 2. The standard InChI is InChI=1S/C31H32F3N3O5S/c32-31(33,34)43-26-8-4-7-24(17-26)36-30(42)37(25-15-13-22(14-16-25)21-5-2-1-3-6-21)19-20-9-11-23(12-10-20)28(39)35-18-27(38)29(40)41/h4,7-17,21,27,38H,1-3,5-6,18-19H2,(H,35,39)(H,36,42)(H,40,41)/t27-/m1/s1. The molecule has 0 spiro atoms. The summed E-state index contributed by atoms with van der Waals surface area (Å²) in [6.07, 6.45) is 4.10. The van der Waals surface area contributed by atoms with Crippen LogP contribution in [0.1, 0.15) is 59.5 Å². The molecule has 43 heavy (non-hydrogen) atoms. The zero-order chi connectivity index (χ0) is 31.0. The van der Waals surface area contributed by atoms with Crippen molar-refractivity contribution in [3.05, 3.63) is 89.5 Å². The summed E-state index contributed by atoms with van der Waals surface area (Å²) in [6, 6.07) is 19.0. The van der Waals surface area contributed by atoms with Crippen molar-refractivity contribution in [3.8, 4) is 0 Å². The number of halogens is 3. The van der Waals surface area contributed by atoms with E-state index in [4.69, 9.17) is 5.11 Å². The van der Waals surface area contributed by atoms with Gasteiger partial charge in [0.15, 0.2) is 6.10 Å². The Kier molecular flexibility index (Phi) is 10.7. The Labute approximate surface area is 251 Å². The molecule has 1 atom stereocenters. The van der Waals surface area contributed by atoms with Crippen LogP contribution >= 0.6 is 11.8 Å². The van der Waals surface area contributed by atoms with Gasteiger partial charge in [0.05, 0.1) is 13.1 Å². The summed E-state index contributed by atoms with van der Waals surface area (Å²) in [4.78, 5) is 38.1. The molecule has 0 unspecified atom stereocenters. The molecular formula is C31H32F3N3O5S. The van der Waals surface area contributed by atoms with Crippen LogP contribution in [0.2, 0.25) is 0 Å². The number of alkyl halides is 3. The molecular weight excluding hydrogens is 583 g/mol. The van der Waals surface area contributed by atoms with Gasteiger partial charge in [-0.05, 0) is 84.1 Å². The average molecular weight is 616 g/mol. The molecule has 0 bridgehead atoms. The van der Waals surface area contributed by atoms with E-state index in [9.17, 15) is 32.7 Å². The minimum absolute atomic E-state index is 0.0570. The van der Waals surface area contributed by atoms with E-state index in [0.29, 0.717) is 17.2 Å². The van der Waals surface area contributed by atoms with Crippen molar-refractivity contribution in [1.29, 1.82) is 0 Å². The average Bonchev–Trinajstić information content (AvgIpc) is 2.98. The van der Waals surface area contributed by atoms with E-state index in [-0.39, 0.29) is 34.5 Å². The van der Waals surface area contributed by atoms with Gasteiger partial charge in [0.2, 0.25) is 0 Å². The van der Waals surface area contributed by atoms with Crippen molar-refractivity contribution in [1.82, 2.24) is 5.32 Å². The summed E-state index contributed by atoms with van der Waals surface area (Å²) >= 11 is -0.266. The van der Waals surface area contributed by atoms with Gasteiger partial charge in [-0.15, -0.1) is 0 Å². The highest BCUT2D eigenvalue weighted by molar-refractivity contribution is 8.00. The number of benzene rings is 3. The smallest absolute Gasteiger partial charge is 0.446 e. The highest BCUT2D eigenvalue weighted by Gasteiger charge is 2.29. The summed E-state index contributed by atoms with van der Waals surface area (Å²) in [7, 11) is 0. The Morgan fingerprint density at radius 1 is 0.953 bits per heavy atom. The van der Waals surface area contributed by atoms with Crippen LogP contribution in [0.3, 0.4) is 0 Å². The predicted molar refractivity (Wildman–Crippen MR) is 158 cm³/mol. The van der Waals surface area contributed by atoms with Crippen LogP contribution in [0.25, 0.3) is 0 Å². The summed E-state index contributed by atoms with van der Waals surface area (Å²) in [6.45, 7) is -0.366. The van der Waals surface area contributed by atoms with Gasteiger partial charge in [-0.1, -0.05) is 49.6 Å². The molecule has 3 aromatic rings. The maximum Gasteiger partial charge on any atom is 0.446 e. The molecule has 4 N–H and O–H groups in total. The number of nitrogens with zero attached hydrogens (tertiary/aromatic N) is 1. The first-order chi connectivity index (χ1) is 20.5. The summed E-state index contributed by atoms with van der Waals surface area (Å²) < 4.78 is 38.7. The van der Waals surface area contributed by atoms with Gasteiger partial charge in [0.1, 0.15) is 0 Å². The van der Waals surface area contributed by atoms with Crippen LogP contribution in [0.4, 0.5) is 29.3 Å². The number of aliphatic carboxylic acids is 1. The van der Waals surface area contributed by atoms with Crippen LogP contribution in [-0.2, 0) is 11.3 Å². The Hall–Kier alpha value is -4.03. The molecule has 12 heteroatoms. The number of hydrogen-bond donors (Lipinski definition) is 4. The number of hydrogen-bond acceptors (Lipinski definition) is 5. The molecule has 3 amide bonds. The molecule has 0 saturated heterocycles. The zero-order valence-electron chi connectivity index (χ0n) is 23.1. The highest BCUT2D eigenvalue weighted by Crippen LogP contribution is 2.38. The molecule has 1 saturated carbocycles. The second-order valence-electron chi connectivity index (χ2n) is 10.3. The number of carbonyl (C=O) groups is 3. The molecule has 0 heterocycles. The van der Waals surface area contributed by atoms with Gasteiger partial charge < -0.3 is 20.8 Å². The number of carbonyl (C=O) groups excluding carboxylic acids is 2. The van der Waals surface area contributed by atoms with Crippen molar-refractivity contribution in [2.75, 3.05) is 16.8 Å². The number of aliphatic hydroxyl groups is 1. The highest BCUT2D eigenvalue weighted by atomic mass is 32.2. The van der Waals surface area contributed by atoms with Crippen molar-refractivity contribution < 1.29 is 37.8 Å². The summed E-state index contributed by atoms with van der Waals surface area (Å²) in [5.41, 5.74) is -1.58. The lowest BCUT2D eigenvalue weighted by Crippen LogP contribution is -2.36. The number of urea groups is 1. The first-order valence-corrected chi connectivity index (χ1v) is 14.6. The minimum Gasteiger partial charge on any atom is -0.479 e. The molecule has 0 aromatic heterocycles. The molecule has 1 aliphatic carbocycles. The Balaban J connectivity index is 1.53. The van der Waals surface area contributed by atoms with Gasteiger partial charge in [-0.25, -0.2) is 9.59 Å². The number of amides is 3. The first kappa shape index (κ1) is 31.9. The van der Waals surface area contributed by atoms with Crippen LogP contribution in [0.15, 0.2) is 77.7 Å². The van der Waals surface area contributed by atoms with Crippen LogP contribution in [0.5, 0.6) is 0 Å². The van der Waals surface area contributed by atoms with Crippen molar-refractivity contribution >= 4 is 41.0 Å². The molecule has 0 aliphatic heterocycles. The zero-order valence-corrected chi connectivity index (χ0v) is 24.0. The molecule has 8 nitrogen and oxygen atoms in total. The summed E-state index contributed by atoms with van der Waals surface area (Å²) in [5, 5.41) is 23.2. The van der Waals surface area contributed by atoms with Crippen LogP contribution < -0.4 is 15.5 Å². The number of carboxylic acids is 1. The van der Waals surface area contributed by atoms with E-state index in [2.05, 4.69) is 10.6 Å². The second-order valence-corrected chi connectivity index (χ2v) is 11.4. The minimum atomic E-state index is -4.46. The lowest BCUT2D eigenvalue weighted by molar-refractivity contribution is -0.146. The fourth-order valence-electron chi connectivity index (χ4n) is 4.93. The molecule has 4 rings (SSSR count). The van der Waals surface area contributed by atoms with E-state index in [0.717, 1.165) is 12.8 Å². The maximum absolute atomic E-state index is 13.5. The number of anilines is 2. The fraction of sp³-hybridized carbons (Fsp3) is 0.323. The molecule has 3 aromatic carbocycles. The third kappa shape index (κ3) is 9.48. The quantitative estimate of drug-likeness (QED) is 0.187. The van der Waals surface area contributed by atoms with Crippen LogP contribution in [0, 0.1) is 0 Å². The topological polar surface area (TPSA) is 119 Å². The van der Waals surface area contributed by atoms with E-state index in [1.165, 1.54) is 66.1 Å². The number of thioether (sulfide) groups is 1. The van der Waals surface area contributed by atoms with Crippen LogP contribution in [-0.4, -0.2) is 46.3 Å². The van der Waals surface area contributed by atoms with E-state index in [1.54, 1.807) is 12.1 Å². The largest absolute Gasteiger partial charge is 0.479 e. The number of rotatable bonds is 10. The van der Waals surface area contributed by atoms with Crippen molar-refractivity contribution in [2.24, 2.45) is 0 Å². The molecule has 1 fully saturated rings. The SMILES string of the molecule is O=C(NC[C@@H](O)C(=O)O)c1ccc(CN(C(=O)Nc2cccc(SC(F)(F)F)c2)c2ccc(C3CCCCC3)cc2)cc1. The third-order valence-corrected chi connectivity index (χ3v) is 7.86. The number of aliphatic hydroxyl groups excluding tert-OH is 1. The van der Waals surface area contributed by atoms with Gasteiger partial charge in [-0.2, -0.15) is 13.2 Å². The third-order valence-electron chi connectivity index (χ3n) is 7.14. The lowest BCUT2D eigenvalue weighted by Gasteiger charge is -2.26. The predicted octanol–water partition coefficient (Wildman–Crippen LogP) is 6.76. The Bertz CT molecular complexity index is 1410. The number of carboxylic acid groups (broad SMARTS) is 1. The molecule has 0 radical (unpaired) electrons. The van der Waals surface area contributed by atoms with E-state index >= 15 is 0 Å². The maximum atomic E-state index is 13.5. The van der Waals surface area contributed by atoms with Gasteiger partial charge in [0.25, 0.3) is 5.91 Å². The Morgan fingerprint density at radius 3 is 2.26 bits per heavy atom. The molecule has 228 valence electrons. The Morgan fingerprint density at radius 2 is 1.63 bits per heavy atom.